The number of carboxylic acid groups (broad SMARTS) is 1. The number of nitrogens with one attached hydrogen (secondary N) is 1. The van der Waals surface area contributed by atoms with Crippen LogP contribution < -0.4 is 5.32 Å². The third-order valence-electron chi connectivity index (χ3n) is 2.20. The van der Waals surface area contributed by atoms with Crippen LogP contribution in [0.5, 0.6) is 0 Å². The molecule has 0 saturated carbocycles. The Labute approximate surface area is 75.3 Å². The van der Waals surface area contributed by atoms with E-state index < -0.39 is 10.7 Å². The van der Waals surface area contributed by atoms with Crippen LogP contribution in [0.2, 0.25) is 0 Å². The molecule has 2 rings (SSSR count). The Morgan fingerprint density at radius 1 is 1.73 bits per heavy atom. The quantitative estimate of drug-likeness (QED) is 0.634. The van der Waals surface area contributed by atoms with E-state index in [2.05, 4.69) is 5.32 Å². The van der Waals surface area contributed by atoms with E-state index in [-0.39, 0.29) is 12.4 Å². The molecule has 0 amide bonds. The van der Waals surface area contributed by atoms with Crippen molar-refractivity contribution in [2.75, 3.05) is 12.3 Å². The third-order valence-corrected chi connectivity index (χ3v) is 3.81. The molecular weight excluding hydrogens is 186 g/mol. The largest absolute Gasteiger partial charge is 0.480 e. The van der Waals surface area contributed by atoms with Crippen LogP contribution in [0.3, 0.4) is 0 Å². The molecule has 2 aliphatic rings. The van der Waals surface area contributed by atoms with Gasteiger partial charge in [0.1, 0.15) is 4.75 Å². The summed E-state index contributed by atoms with van der Waals surface area (Å²) in [6, 6.07) is 0.459. The lowest BCUT2D eigenvalue weighted by atomic mass is 10.1. The number of rotatable bonds is 1. The molecule has 0 aromatic heterocycles. The molecule has 0 aliphatic carbocycles. The molecule has 2 aliphatic heterocycles. The van der Waals surface area contributed by atoms with Gasteiger partial charge in [0, 0.05) is 18.3 Å². The molecule has 3 nitrogen and oxygen atoms in total. The second kappa shape index (κ2) is 2.84. The fraction of sp³-hybridized carbons (Fsp3) is 0.833. The SMILES string of the molecule is Cl.O=C(O)C12CNC(CS1)C2. The van der Waals surface area contributed by atoms with Gasteiger partial charge in [-0.05, 0) is 6.42 Å². The molecule has 2 unspecified atom stereocenters. The van der Waals surface area contributed by atoms with Crippen molar-refractivity contribution in [3.63, 3.8) is 0 Å². The van der Waals surface area contributed by atoms with Crippen molar-refractivity contribution in [2.45, 2.75) is 17.2 Å². The monoisotopic (exact) mass is 195 g/mol. The summed E-state index contributed by atoms with van der Waals surface area (Å²) in [5.41, 5.74) is 0. The molecule has 2 fully saturated rings. The van der Waals surface area contributed by atoms with Gasteiger partial charge in [-0.2, -0.15) is 0 Å². The van der Waals surface area contributed by atoms with Gasteiger partial charge in [-0.15, -0.1) is 24.2 Å². The maximum atomic E-state index is 10.7. The average Bonchev–Trinajstić information content (AvgIpc) is 2.45. The van der Waals surface area contributed by atoms with Crippen LogP contribution in [0.1, 0.15) is 6.42 Å². The van der Waals surface area contributed by atoms with Crippen LogP contribution in [-0.4, -0.2) is 34.2 Å². The lowest BCUT2D eigenvalue weighted by Gasteiger charge is -2.19. The highest BCUT2D eigenvalue weighted by Crippen LogP contribution is 2.42. The van der Waals surface area contributed by atoms with Crippen molar-refractivity contribution in [3.05, 3.63) is 0 Å². The molecule has 2 bridgehead atoms. The van der Waals surface area contributed by atoms with Gasteiger partial charge in [-0.25, -0.2) is 0 Å². The summed E-state index contributed by atoms with van der Waals surface area (Å²) in [5.74, 6) is 0.316. The van der Waals surface area contributed by atoms with Crippen LogP contribution in [0.4, 0.5) is 0 Å². The van der Waals surface area contributed by atoms with Gasteiger partial charge < -0.3 is 10.4 Å². The van der Waals surface area contributed by atoms with Gasteiger partial charge in [0.05, 0.1) is 0 Å². The lowest BCUT2D eigenvalue weighted by molar-refractivity contribution is -0.139. The van der Waals surface area contributed by atoms with Gasteiger partial charge in [0.15, 0.2) is 0 Å². The highest BCUT2D eigenvalue weighted by atomic mass is 35.5. The van der Waals surface area contributed by atoms with Gasteiger partial charge in [-0.3, -0.25) is 4.79 Å². The van der Waals surface area contributed by atoms with Gasteiger partial charge in [0.25, 0.3) is 0 Å². The fourth-order valence-electron chi connectivity index (χ4n) is 1.56. The summed E-state index contributed by atoms with van der Waals surface area (Å²) >= 11 is 1.59. The molecule has 2 atom stereocenters. The number of halogens is 1. The minimum Gasteiger partial charge on any atom is -0.480 e. The summed E-state index contributed by atoms with van der Waals surface area (Å²) in [4.78, 5) is 10.7. The van der Waals surface area contributed by atoms with Crippen LogP contribution >= 0.6 is 24.2 Å². The van der Waals surface area contributed by atoms with E-state index in [9.17, 15) is 4.79 Å². The smallest absolute Gasteiger partial charge is 0.321 e. The number of aliphatic carboxylic acids is 1. The van der Waals surface area contributed by atoms with E-state index in [0.29, 0.717) is 12.6 Å². The average molecular weight is 196 g/mol. The molecule has 5 heteroatoms. The van der Waals surface area contributed by atoms with Crippen LogP contribution in [0, 0.1) is 0 Å². The molecule has 11 heavy (non-hydrogen) atoms. The van der Waals surface area contributed by atoms with E-state index in [0.717, 1.165) is 12.2 Å². The normalized spacial score (nSPS) is 40.2. The zero-order valence-corrected chi connectivity index (χ0v) is 7.50. The van der Waals surface area contributed by atoms with E-state index in [1.165, 1.54) is 0 Å². The van der Waals surface area contributed by atoms with Gasteiger partial charge >= 0.3 is 5.97 Å². The Bertz CT molecular complexity index is 179. The predicted octanol–water partition coefficient (Wildman–Crippen LogP) is 0.340. The Balaban J connectivity index is 0.000000605. The molecule has 64 valence electrons. The van der Waals surface area contributed by atoms with E-state index in [4.69, 9.17) is 5.11 Å². The maximum Gasteiger partial charge on any atom is 0.321 e. The summed E-state index contributed by atoms with van der Waals surface area (Å²) in [5, 5.41) is 12.0. The van der Waals surface area contributed by atoms with Crippen molar-refractivity contribution in [1.29, 1.82) is 0 Å². The van der Waals surface area contributed by atoms with Crippen molar-refractivity contribution in [3.8, 4) is 0 Å². The first-order valence-corrected chi connectivity index (χ1v) is 4.32. The maximum absolute atomic E-state index is 10.7. The number of carboxylic acids is 1. The molecule has 2 heterocycles. The van der Waals surface area contributed by atoms with E-state index >= 15 is 0 Å². The Hall–Kier alpha value is 0.0700. The molecule has 0 aromatic rings. The first-order valence-electron chi connectivity index (χ1n) is 3.34. The first kappa shape index (κ1) is 9.16. The highest BCUT2D eigenvalue weighted by Gasteiger charge is 2.51. The molecule has 0 radical (unpaired) electrons. The minimum absolute atomic E-state index is 0. The number of hydrogen-bond acceptors (Lipinski definition) is 3. The topological polar surface area (TPSA) is 49.3 Å². The number of carbonyl (C=O) groups is 1. The van der Waals surface area contributed by atoms with Crippen molar-refractivity contribution < 1.29 is 9.90 Å². The molecule has 0 spiro atoms. The Morgan fingerprint density at radius 3 is 2.64 bits per heavy atom. The summed E-state index contributed by atoms with van der Waals surface area (Å²) in [6.07, 6.45) is 0.812. The number of thioether (sulfide) groups is 1. The van der Waals surface area contributed by atoms with Crippen molar-refractivity contribution in [2.24, 2.45) is 0 Å². The first-order chi connectivity index (χ1) is 4.73. The third kappa shape index (κ3) is 1.23. The second-order valence-electron chi connectivity index (χ2n) is 2.89. The summed E-state index contributed by atoms with van der Waals surface area (Å²) in [6.45, 7) is 0.650. The standard InChI is InChI=1S/C6H9NO2S.ClH/c8-5(9)6-1-4(2-10-6)7-3-6;/h4,7H,1-3H2,(H,8,9);1H. The zero-order valence-electron chi connectivity index (χ0n) is 5.87. The zero-order chi connectivity index (χ0) is 7.19. The fourth-order valence-corrected chi connectivity index (χ4v) is 2.95. The summed E-state index contributed by atoms with van der Waals surface area (Å²) < 4.78 is -0.468. The number of fused-ring (bicyclic) bond motifs is 2. The molecule has 2 N–H and O–H groups in total. The van der Waals surface area contributed by atoms with Crippen molar-refractivity contribution >= 4 is 30.1 Å². The van der Waals surface area contributed by atoms with Crippen LogP contribution in [0.25, 0.3) is 0 Å². The van der Waals surface area contributed by atoms with Crippen molar-refractivity contribution in [1.82, 2.24) is 5.32 Å². The Morgan fingerprint density at radius 2 is 2.45 bits per heavy atom. The lowest BCUT2D eigenvalue weighted by Crippen LogP contribution is -2.39. The molecular formula is C6H10ClNO2S. The highest BCUT2D eigenvalue weighted by molar-refractivity contribution is 8.01. The number of hydrogen-bond donors (Lipinski definition) is 2. The van der Waals surface area contributed by atoms with E-state index in [1.807, 2.05) is 0 Å². The predicted molar refractivity (Wildman–Crippen MR) is 46.5 cm³/mol. The van der Waals surface area contributed by atoms with Crippen LogP contribution in [-0.2, 0) is 4.79 Å². The van der Waals surface area contributed by atoms with Gasteiger partial charge in [-0.1, -0.05) is 0 Å². The van der Waals surface area contributed by atoms with Crippen LogP contribution in [0.15, 0.2) is 0 Å². The van der Waals surface area contributed by atoms with E-state index in [1.54, 1.807) is 11.8 Å². The van der Waals surface area contributed by atoms with Gasteiger partial charge in [0.2, 0.25) is 0 Å². The minimum atomic E-state index is -0.648. The second-order valence-corrected chi connectivity index (χ2v) is 4.30. The molecule has 0 aromatic carbocycles. The molecule has 2 saturated heterocycles. The summed E-state index contributed by atoms with van der Waals surface area (Å²) in [7, 11) is 0. The Kier molecular flexibility index (Phi) is 2.37.